The Labute approximate surface area is 95.5 Å². The lowest BCUT2D eigenvalue weighted by Gasteiger charge is -2.08. The Bertz CT molecular complexity index is 349. The molecule has 0 atom stereocenters. The summed E-state index contributed by atoms with van der Waals surface area (Å²) in [5.41, 5.74) is 5.95. The minimum Gasteiger partial charge on any atom is -0.370 e. The summed E-state index contributed by atoms with van der Waals surface area (Å²) in [4.78, 5) is 0. The van der Waals surface area contributed by atoms with Gasteiger partial charge in [-0.15, -0.1) is 0 Å². The number of guanidine groups is 1. The van der Waals surface area contributed by atoms with E-state index >= 15 is 0 Å². The highest BCUT2D eigenvalue weighted by Crippen LogP contribution is 2.13. The van der Waals surface area contributed by atoms with Gasteiger partial charge in [0.15, 0.2) is 11.1 Å². The second kappa shape index (κ2) is 4.92. The second-order valence-electron chi connectivity index (χ2n) is 2.50. The summed E-state index contributed by atoms with van der Waals surface area (Å²) in [5.74, 6) is -0.181. The molecule has 0 spiro atoms. The van der Waals surface area contributed by atoms with Crippen molar-refractivity contribution in [2.75, 3.05) is 5.32 Å². The molecule has 1 rings (SSSR count). The topological polar surface area (TPSA) is 73.9 Å². The summed E-state index contributed by atoms with van der Waals surface area (Å²) >= 11 is 8.21. The van der Waals surface area contributed by atoms with Crippen LogP contribution in [0.4, 0.5) is 5.69 Å². The van der Waals surface area contributed by atoms with E-state index in [1.165, 1.54) is 0 Å². The lowest BCUT2D eigenvalue weighted by atomic mass is 10.3. The molecule has 74 valence electrons. The van der Waals surface area contributed by atoms with Gasteiger partial charge in [0.2, 0.25) is 0 Å². The molecule has 6 heteroatoms. The predicted octanol–water partition coefficient (Wildman–Crippen LogP) is 1.63. The highest BCUT2D eigenvalue weighted by atomic mass is 79.9. The Morgan fingerprint density at radius 1 is 1.36 bits per heavy atom. The van der Waals surface area contributed by atoms with Crippen LogP contribution in [-0.2, 0) is 0 Å². The van der Waals surface area contributed by atoms with Crippen LogP contribution < -0.4 is 16.4 Å². The van der Waals surface area contributed by atoms with Crippen LogP contribution in [-0.4, -0.2) is 11.1 Å². The normalized spacial score (nSPS) is 9.21. The smallest absolute Gasteiger partial charge is 0.192 e. The number of benzene rings is 1. The number of rotatable bonds is 1. The Balaban J connectivity index is 2.56. The van der Waals surface area contributed by atoms with Crippen molar-refractivity contribution >= 4 is 44.9 Å². The molecule has 0 bridgehead atoms. The van der Waals surface area contributed by atoms with Crippen LogP contribution >= 0.6 is 28.1 Å². The van der Waals surface area contributed by atoms with Crippen LogP contribution in [0.2, 0.25) is 0 Å². The van der Waals surface area contributed by atoms with E-state index in [0.29, 0.717) is 5.11 Å². The van der Waals surface area contributed by atoms with Crippen LogP contribution in [0.5, 0.6) is 0 Å². The van der Waals surface area contributed by atoms with Gasteiger partial charge in [0.05, 0.1) is 0 Å². The first kappa shape index (κ1) is 10.9. The van der Waals surface area contributed by atoms with Crippen LogP contribution in [0.25, 0.3) is 0 Å². The maximum absolute atomic E-state index is 6.96. The van der Waals surface area contributed by atoms with Crippen LogP contribution in [0.15, 0.2) is 28.7 Å². The van der Waals surface area contributed by atoms with Crippen LogP contribution in [0.3, 0.4) is 0 Å². The molecule has 0 saturated heterocycles. The summed E-state index contributed by atoms with van der Waals surface area (Å²) in [5, 5.41) is 12.6. The van der Waals surface area contributed by atoms with Crippen LogP contribution in [0, 0.1) is 5.41 Å². The van der Waals surface area contributed by atoms with E-state index in [1.807, 2.05) is 24.3 Å². The minimum absolute atomic E-state index is 0.181. The molecule has 0 unspecified atom stereocenters. The van der Waals surface area contributed by atoms with E-state index in [9.17, 15) is 0 Å². The molecular formula is C8H9BrN4S. The molecular weight excluding hydrogens is 264 g/mol. The van der Waals surface area contributed by atoms with E-state index in [2.05, 4.69) is 26.6 Å². The van der Waals surface area contributed by atoms with Gasteiger partial charge in [-0.25, -0.2) is 0 Å². The number of nitrogens with one attached hydrogen (secondary N) is 3. The van der Waals surface area contributed by atoms with E-state index in [0.717, 1.165) is 10.2 Å². The van der Waals surface area contributed by atoms with Crippen molar-refractivity contribution in [3.63, 3.8) is 0 Å². The first-order chi connectivity index (χ1) is 6.58. The molecule has 0 fully saturated rings. The van der Waals surface area contributed by atoms with Crippen LogP contribution in [0.1, 0.15) is 0 Å². The van der Waals surface area contributed by atoms with E-state index in [-0.39, 0.29) is 5.96 Å². The third-order valence-corrected chi connectivity index (χ3v) is 2.08. The van der Waals surface area contributed by atoms with E-state index in [4.69, 9.17) is 23.4 Å². The van der Waals surface area contributed by atoms with Gasteiger partial charge in [-0.1, -0.05) is 15.9 Å². The Morgan fingerprint density at radius 2 is 1.93 bits per heavy atom. The van der Waals surface area contributed by atoms with Crippen molar-refractivity contribution in [1.29, 1.82) is 5.41 Å². The fraction of sp³-hybridized carbons (Fsp3) is 0. The summed E-state index contributed by atoms with van der Waals surface area (Å²) < 4.78 is 0.994. The molecule has 0 aromatic heterocycles. The van der Waals surface area contributed by atoms with Crippen molar-refractivity contribution < 1.29 is 0 Å². The molecule has 4 nitrogen and oxygen atoms in total. The van der Waals surface area contributed by atoms with Crippen molar-refractivity contribution in [1.82, 2.24) is 5.32 Å². The Kier molecular flexibility index (Phi) is 3.84. The average molecular weight is 273 g/mol. The third-order valence-electron chi connectivity index (χ3n) is 1.35. The van der Waals surface area contributed by atoms with Gasteiger partial charge in [-0.2, -0.15) is 0 Å². The van der Waals surface area contributed by atoms with Gasteiger partial charge >= 0.3 is 0 Å². The number of thiocarbonyl (C=S) groups is 1. The molecule has 5 N–H and O–H groups in total. The number of halogens is 1. The molecule has 0 radical (unpaired) electrons. The zero-order chi connectivity index (χ0) is 10.6. The molecule has 0 amide bonds. The van der Waals surface area contributed by atoms with Gasteiger partial charge in [-0.3, -0.25) is 5.41 Å². The Morgan fingerprint density at radius 3 is 2.43 bits per heavy atom. The molecule has 0 aliphatic heterocycles. The maximum Gasteiger partial charge on any atom is 0.192 e. The first-order valence-corrected chi connectivity index (χ1v) is 4.95. The molecule has 14 heavy (non-hydrogen) atoms. The van der Waals surface area contributed by atoms with Gasteiger partial charge in [-0.05, 0) is 36.5 Å². The lowest BCUT2D eigenvalue weighted by Crippen LogP contribution is -2.38. The summed E-state index contributed by atoms with van der Waals surface area (Å²) in [7, 11) is 0. The molecule has 0 heterocycles. The SMILES string of the molecule is N=C(N)NC(=S)Nc1ccc(Br)cc1. The quantitative estimate of drug-likeness (QED) is 0.356. The standard InChI is InChI=1S/C8H9BrN4S/c9-5-1-3-6(4-2-5)12-8(14)13-7(10)11/h1-4H,(H5,10,11,12,13,14). The molecule has 1 aromatic rings. The lowest BCUT2D eigenvalue weighted by molar-refractivity contribution is 1.26. The predicted molar refractivity (Wildman–Crippen MR) is 65.4 cm³/mol. The van der Waals surface area contributed by atoms with Crippen molar-refractivity contribution in [3.05, 3.63) is 28.7 Å². The van der Waals surface area contributed by atoms with Gasteiger partial charge in [0.1, 0.15) is 0 Å². The molecule has 0 aliphatic rings. The first-order valence-electron chi connectivity index (χ1n) is 3.75. The van der Waals surface area contributed by atoms with E-state index in [1.54, 1.807) is 0 Å². The fourth-order valence-corrected chi connectivity index (χ4v) is 1.31. The van der Waals surface area contributed by atoms with Gasteiger partial charge in [0.25, 0.3) is 0 Å². The van der Waals surface area contributed by atoms with Gasteiger partial charge < -0.3 is 16.4 Å². The largest absolute Gasteiger partial charge is 0.370 e. The van der Waals surface area contributed by atoms with Crippen molar-refractivity contribution in [2.24, 2.45) is 5.73 Å². The molecule has 0 saturated carbocycles. The fourth-order valence-electron chi connectivity index (χ4n) is 0.818. The number of nitrogens with two attached hydrogens (primary N) is 1. The molecule has 0 aliphatic carbocycles. The second-order valence-corrected chi connectivity index (χ2v) is 3.82. The van der Waals surface area contributed by atoms with E-state index < -0.39 is 0 Å². The monoisotopic (exact) mass is 272 g/mol. The minimum atomic E-state index is -0.181. The van der Waals surface area contributed by atoms with Crippen molar-refractivity contribution in [3.8, 4) is 0 Å². The van der Waals surface area contributed by atoms with Crippen molar-refractivity contribution in [2.45, 2.75) is 0 Å². The maximum atomic E-state index is 6.96. The summed E-state index contributed by atoms with van der Waals surface area (Å²) in [6.45, 7) is 0. The Hall–Kier alpha value is -1.14. The highest BCUT2D eigenvalue weighted by Gasteiger charge is 1.97. The third kappa shape index (κ3) is 3.71. The zero-order valence-electron chi connectivity index (χ0n) is 7.17. The number of hydrogen-bond acceptors (Lipinski definition) is 2. The zero-order valence-corrected chi connectivity index (χ0v) is 9.58. The molecule has 1 aromatic carbocycles. The summed E-state index contributed by atoms with van der Waals surface area (Å²) in [6.07, 6.45) is 0. The van der Waals surface area contributed by atoms with Gasteiger partial charge in [0, 0.05) is 10.2 Å². The highest BCUT2D eigenvalue weighted by molar-refractivity contribution is 9.10. The number of anilines is 1. The summed E-state index contributed by atoms with van der Waals surface area (Å²) in [6, 6.07) is 7.49. The number of hydrogen-bond donors (Lipinski definition) is 4. The average Bonchev–Trinajstić information content (AvgIpc) is 2.07.